The molecule has 5 nitrogen and oxygen atoms in total. The van der Waals surface area contributed by atoms with Crippen molar-refractivity contribution in [3.8, 4) is 0 Å². The maximum Gasteiger partial charge on any atom is 0.246 e. The highest BCUT2D eigenvalue weighted by atomic mass is 19.1. The van der Waals surface area contributed by atoms with Crippen LogP contribution in [0, 0.1) is 5.82 Å². The number of hydrogen-bond acceptors (Lipinski definition) is 3. The van der Waals surface area contributed by atoms with E-state index in [2.05, 4.69) is 15.7 Å². The van der Waals surface area contributed by atoms with Gasteiger partial charge in [0.25, 0.3) is 0 Å². The van der Waals surface area contributed by atoms with E-state index in [0.717, 1.165) is 0 Å². The first-order valence-corrected chi connectivity index (χ1v) is 5.87. The Morgan fingerprint density at radius 2 is 2.21 bits per heavy atom. The van der Waals surface area contributed by atoms with Crippen LogP contribution in [0.5, 0.6) is 0 Å². The Morgan fingerprint density at radius 3 is 2.84 bits per heavy atom. The summed E-state index contributed by atoms with van der Waals surface area (Å²) in [4.78, 5) is 11.9. The van der Waals surface area contributed by atoms with Crippen LogP contribution in [0.2, 0.25) is 0 Å². The first-order chi connectivity index (χ1) is 9.04. The standard InChI is InChI=1S/C13H15FN4O/c1-9(15-12-6-7-18(2)17-12)13(19)16-11-5-3-4-10(14)8-11/h3-9H,1-2H3,(H,15,17)(H,16,19). The first kappa shape index (κ1) is 13.1. The largest absolute Gasteiger partial charge is 0.357 e. The minimum absolute atomic E-state index is 0.253. The van der Waals surface area contributed by atoms with E-state index in [9.17, 15) is 9.18 Å². The van der Waals surface area contributed by atoms with Gasteiger partial charge in [0.15, 0.2) is 0 Å². The molecular weight excluding hydrogens is 247 g/mol. The fourth-order valence-corrected chi connectivity index (χ4v) is 1.60. The van der Waals surface area contributed by atoms with Crippen molar-refractivity contribution in [2.24, 2.45) is 7.05 Å². The zero-order chi connectivity index (χ0) is 13.8. The van der Waals surface area contributed by atoms with Gasteiger partial charge in [-0.25, -0.2) is 4.39 Å². The Hall–Kier alpha value is -2.37. The van der Waals surface area contributed by atoms with Crippen LogP contribution in [0.3, 0.4) is 0 Å². The smallest absolute Gasteiger partial charge is 0.246 e. The molecular formula is C13H15FN4O. The van der Waals surface area contributed by atoms with Gasteiger partial charge < -0.3 is 10.6 Å². The average Bonchev–Trinajstić information content (AvgIpc) is 2.74. The summed E-state index contributed by atoms with van der Waals surface area (Å²) in [6.07, 6.45) is 1.78. The molecule has 2 aromatic rings. The number of rotatable bonds is 4. The SMILES string of the molecule is CC(Nc1ccn(C)n1)C(=O)Nc1cccc(F)c1. The summed E-state index contributed by atoms with van der Waals surface area (Å²) in [7, 11) is 1.79. The third-order valence-corrected chi connectivity index (χ3v) is 2.56. The number of halogens is 1. The Balaban J connectivity index is 1.96. The highest BCUT2D eigenvalue weighted by Crippen LogP contribution is 2.10. The Labute approximate surface area is 110 Å². The van der Waals surface area contributed by atoms with E-state index in [0.29, 0.717) is 11.5 Å². The summed E-state index contributed by atoms with van der Waals surface area (Å²) in [5.74, 6) is -0.0243. The number of amides is 1. The second-order valence-electron chi connectivity index (χ2n) is 4.24. The quantitative estimate of drug-likeness (QED) is 0.886. The summed E-state index contributed by atoms with van der Waals surface area (Å²) in [6, 6.07) is 7.07. The minimum Gasteiger partial charge on any atom is -0.357 e. The number of carbonyl (C=O) groups excluding carboxylic acids is 1. The van der Waals surface area contributed by atoms with Gasteiger partial charge in [0.2, 0.25) is 5.91 Å². The van der Waals surface area contributed by atoms with Gasteiger partial charge in [-0.3, -0.25) is 9.48 Å². The van der Waals surface area contributed by atoms with E-state index in [-0.39, 0.29) is 11.7 Å². The first-order valence-electron chi connectivity index (χ1n) is 5.87. The van der Waals surface area contributed by atoms with Crippen LogP contribution >= 0.6 is 0 Å². The van der Waals surface area contributed by atoms with E-state index >= 15 is 0 Å². The lowest BCUT2D eigenvalue weighted by molar-refractivity contribution is -0.116. The fraction of sp³-hybridized carbons (Fsp3) is 0.231. The summed E-state index contributed by atoms with van der Waals surface area (Å²) in [5, 5.41) is 9.71. The maximum atomic E-state index is 13.0. The van der Waals surface area contributed by atoms with Gasteiger partial charge in [-0.15, -0.1) is 0 Å². The highest BCUT2D eigenvalue weighted by molar-refractivity contribution is 5.96. The van der Waals surface area contributed by atoms with Gasteiger partial charge in [0.1, 0.15) is 17.7 Å². The summed E-state index contributed by atoms with van der Waals surface area (Å²) in [6.45, 7) is 1.71. The summed E-state index contributed by atoms with van der Waals surface area (Å²) in [5.41, 5.74) is 0.430. The van der Waals surface area contributed by atoms with Gasteiger partial charge in [-0.2, -0.15) is 5.10 Å². The van der Waals surface area contributed by atoms with Crippen molar-refractivity contribution in [3.63, 3.8) is 0 Å². The van der Waals surface area contributed by atoms with Gasteiger partial charge in [0, 0.05) is 25.0 Å². The van der Waals surface area contributed by atoms with Gasteiger partial charge in [0.05, 0.1) is 0 Å². The molecule has 0 saturated heterocycles. The molecule has 1 atom stereocenters. The van der Waals surface area contributed by atoms with Crippen molar-refractivity contribution in [3.05, 3.63) is 42.3 Å². The van der Waals surface area contributed by atoms with Gasteiger partial charge in [-0.05, 0) is 25.1 Å². The zero-order valence-corrected chi connectivity index (χ0v) is 10.7. The van der Waals surface area contributed by atoms with Crippen LogP contribution < -0.4 is 10.6 Å². The lowest BCUT2D eigenvalue weighted by Gasteiger charge is -2.13. The van der Waals surface area contributed by atoms with E-state index in [4.69, 9.17) is 0 Å². The van der Waals surface area contributed by atoms with Crippen molar-refractivity contribution in [2.75, 3.05) is 10.6 Å². The third-order valence-electron chi connectivity index (χ3n) is 2.56. The van der Waals surface area contributed by atoms with E-state index in [1.54, 1.807) is 43.0 Å². The summed E-state index contributed by atoms with van der Waals surface area (Å²) >= 11 is 0. The minimum atomic E-state index is -0.474. The van der Waals surface area contributed by atoms with Crippen LogP contribution in [0.1, 0.15) is 6.92 Å². The van der Waals surface area contributed by atoms with Crippen molar-refractivity contribution < 1.29 is 9.18 Å². The number of hydrogen-bond donors (Lipinski definition) is 2. The number of nitrogens with one attached hydrogen (secondary N) is 2. The molecule has 0 saturated carbocycles. The second-order valence-corrected chi connectivity index (χ2v) is 4.24. The lowest BCUT2D eigenvalue weighted by atomic mass is 10.2. The molecule has 6 heteroatoms. The normalized spacial score (nSPS) is 11.9. The highest BCUT2D eigenvalue weighted by Gasteiger charge is 2.13. The van der Waals surface area contributed by atoms with Crippen molar-refractivity contribution >= 4 is 17.4 Å². The second kappa shape index (κ2) is 5.51. The molecule has 0 aliphatic heterocycles. The van der Waals surface area contributed by atoms with Crippen LogP contribution in [-0.2, 0) is 11.8 Å². The number of carbonyl (C=O) groups is 1. The van der Waals surface area contributed by atoms with Gasteiger partial charge in [-0.1, -0.05) is 6.07 Å². The maximum absolute atomic E-state index is 13.0. The van der Waals surface area contributed by atoms with E-state index in [1.807, 2.05) is 0 Å². The monoisotopic (exact) mass is 262 g/mol. The number of benzene rings is 1. The molecule has 2 rings (SSSR count). The number of aromatic nitrogens is 2. The van der Waals surface area contributed by atoms with Crippen LogP contribution in [0.4, 0.5) is 15.9 Å². The third kappa shape index (κ3) is 3.54. The zero-order valence-electron chi connectivity index (χ0n) is 10.7. The van der Waals surface area contributed by atoms with E-state index < -0.39 is 6.04 Å². The molecule has 1 heterocycles. The Bertz CT molecular complexity index is 582. The topological polar surface area (TPSA) is 59.0 Å². The van der Waals surface area contributed by atoms with Crippen molar-refractivity contribution in [1.29, 1.82) is 0 Å². The molecule has 1 aromatic carbocycles. The average molecular weight is 262 g/mol. The number of nitrogens with zero attached hydrogens (tertiary/aromatic N) is 2. The molecule has 0 aliphatic rings. The summed E-state index contributed by atoms with van der Waals surface area (Å²) < 4.78 is 14.6. The molecule has 1 amide bonds. The molecule has 100 valence electrons. The predicted octanol–water partition coefficient (Wildman–Crippen LogP) is 2.00. The van der Waals surface area contributed by atoms with Crippen molar-refractivity contribution in [1.82, 2.24) is 9.78 Å². The molecule has 2 N–H and O–H groups in total. The molecule has 19 heavy (non-hydrogen) atoms. The molecule has 0 bridgehead atoms. The Morgan fingerprint density at radius 1 is 1.42 bits per heavy atom. The number of anilines is 2. The molecule has 0 radical (unpaired) electrons. The van der Waals surface area contributed by atoms with Crippen LogP contribution in [0.15, 0.2) is 36.5 Å². The van der Waals surface area contributed by atoms with Crippen molar-refractivity contribution in [2.45, 2.75) is 13.0 Å². The molecule has 0 fully saturated rings. The van der Waals surface area contributed by atoms with Crippen LogP contribution in [-0.4, -0.2) is 21.7 Å². The van der Waals surface area contributed by atoms with E-state index in [1.165, 1.54) is 12.1 Å². The fourth-order valence-electron chi connectivity index (χ4n) is 1.60. The predicted molar refractivity (Wildman–Crippen MR) is 71.3 cm³/mol. The van der Waals surface area contributed by atoms with Crippen LogP contribution in [0.25, 0.3) is 0 Å². The molecule has 1 unspecified atom stereocenters. The molecule has 0 spiro atoms. The Kier molecular flexibility index (Phi) is 3.79. The molecule has 0 aliphatic carbocycles. The number of aryl methyl sites for hydroxylation is 1. The van der Waals surface area contributed by atoms with Gasteiger partial charge >= 0.3 is 0 Å². The lowest BCUT2D eigenvalue weighted by Crippen LogP contribution is -2.32. The molecule has 1 aromatic heterocycles.